The van der Waals surface area contributed by atoms with Gasteiger partial charge in [0.05, 0.1) is 11.5 Å². The molecule has 0 atom stereocenters. The Bertz CT molecular complexity index is 1150. The largest absolute Gasteiger partial charge is 0.432 e. The molecular formula is C30H31F5O. The Balaban J connectivity index is 1.44. The second kappa shape index (κ2) is 11.0. The van der Waals surface area contributed by atoms with E-state index in [1.54, 1.807) is 36.4 Å². The van der Waals surface area contributed by atoms with Gasteiger partial charge in [-0.2, -0.15) is 8.78 Å². The topological polar surface area (TPSA) is 9.23 Å². The number of aryl methyl sites for hydroxylation is 1. The summed E-state index contributed by atoms with van der Waals surface area (Å²) in [5, 5.41) is 0. The van der Waals surface area contributed by atoms with Crippen LogP contribution >= 0.6 is 0 Å². The van der Waals surface area contributed by atoms with Gasteiger partial charge < -0.3 is 4.74 Å². The Kier molecular flexibility index (Phi) is 8.01. The summed E-state index contributed by atoms with van der Waals surface area (Å²) in [6.07, 6.45) is -1.34. The third kappa shape index (κ3) is 5.74. The Morgan fingerprint density at radius 2 is 1.39 bits per heavy atom. The van der Waals surface area contributed by atoms with E-state index in [0.717, 1.165) is 36.8 Å². The summed E-state index contributed by atoms with van der Waals surface area (Å²) in [6.45, 7) is 3.58. The first-order valence-electron chi connectivity index (χ1n) is 12.5. The minimum atomic E-state index is -3.21. The fourth-order valence-electron chi connectivity index (χ4n) is 5.17. The summed E-state index contributed by atoms with van der Waals surface area (Å²) in [7, 11) is 0. The van der Waals surface area contributed by atoms with Gasteiger partial charge in [0.2, 0.25) is 0 Å². The molecule has 0 N–H and O–H groups in total. The molecule has 0 aromatic heterocycles. The molecule has 36 heavy (non-hydrogen) atoms. The fourth-order valence-corrected chi connectivity index (χ4v) is 5.17. The van der Waals surface area contributed by atoms with Crippen molar-refractivity contribution in [2.45, 2.75) is 64.9 Å². The smallest absolute Gasteiger partial charge is 0.400 e. The SMILES string of the molecule is CCCC1CCC(C(F)(F)Oc2ccc(-c3ccc(-c4ccc(C)c(C(F)F)c4F)cc3)cc2)CC1. The van der Waals surface area contributed by atoms with E-state index >= 15 is 0 Å². The van der Waals surface area contributed by atoms with Gasteiger partial charge >= 0.3 is 6.11 Å². The normalized spacial score (nSPS) is 18.4. The van der Waals surface area contributed by atoms with Crippen LogP contribution in [0.5, 0.6) is 5.75 Å². The first kappa shape index (κ1) is 26.2. The summed E-state index contributed by atoms with van der Waals surface area (Å²) < 4.78 is 75.9. The van der Waals surface area contributed by atoms with Crippen LogP contribution in [0.15, 0.2) is 60.7 Å². The summed E-state index contributed by atoms with van der Waals surface area (Å²) in [5.74, 6) is -1.04. The molecule has 3 aromatic rings. The van der Waals surface area contributed by atoms with Crippen LogP contribution in [0.3, 0.4) is 0 Å². The molecule has 192 valence electrons. The van der Waals surface area contributed by atoms with Gasteiger partial charge in [-0.25, -0.2) is 13.2 Å². The van der Waals surface area contributed by atoms with Crippen molar-refractivity contribution in [2.75, 3.05) is 0 Å². The van der Waals surface area contributed by atoms with Crippen LogP contribution in [0.2, 0.25) is 0 Å². The van der Waals surface area contributed by atoms with Crippen LogP contribution < -0.4 is 4.74 Å². The molecule has 1 aliphatic carbocycles. The molecule has 3 aromatic carbocycles. The van der Waals surface area contributed by atoms with Crippen molar-refractivity contribution >= 4 is 0 Å². The number of hydrogen-bond donors (Lipinski definition) is 0. The van der Waals surface area contributed by atoms with E-state index in [1.165, 1.54) is 31.2 Å². The van der Waals surface area contributed by atoms with Crippen LogP contribution in [0.1, 0.15) is 63.0 Å². The van der Waals surface area contributed by atoms with Crippen LogP contribution in [-0.4, -0.2) is 6.11 Å². The molecule has 1 fully saturated rings. The third-order valence-corrected chi connectivity index (χ3v) is 7.27. The van der Waals surface area contributed by atoms with Crippen LogP contribution in [0.4, 0.5) is 22.0 Å². The number of benzene rings is 3. The lowest BCUT2D eigenvalue weighted by atomic mass is 9.79. The second-order valence-corrected chi connectivity index (χ2v) is 9.73. The highest BCUT2D eigenvalue weighted by atomic mass is 19.3. The Hall–Kier alpha value is -2.89. The van der Waals surface area contributed by atoms with Gasteiger partial charge in [0, 0.05) is 5.56 Å². The Morgan fingerprint density at radius 1 is 0.833 bits per heavy atom. The van der Waals surface area contributed by atoms with E-state index in [4.69, 9.17) is 4.74 Å². The first-order valence-corrected chi connectivity index (χ1v) is 12.5. The minimum Gasteiger partial charge on any atom is -0.432 e. The third-order valence-electron chi connectivity index (χ3n) is 7.27. The lowest BCUT2D eigenvalue weighted by molar-refractivity contribution is -0.223. The van der Waals surface area contributed by atoms with E-state index in [2.05, 4.69) is 6.92 Å². The van der Waals surface area contributed by atoms with Crippen molar-refractivity contribution in [3.8, 4) is 28.0 Å². The van der Waals surface area contributed by atoms with E-state index in [9.17, 15) is 22.0 Å². The van der Waals surface area contributed by atoms with Gasteiger partial charge in [-0.3, -0.25) is 0 Å². The van der Waals surface area contributed by atoms with E-state index in [-0.39, 0.29) is 16.9 Å². The quantitative estimate of drug-likeness (QED) is 0.279. The van der Waals surface area contributed by atoms with Crippen LogP contribution in [0, 0.1) is 24.6 Å². The molecule has 0 aliphatic heterocycles. The minimum absolute atomic E-state index is 0.108. The monoisotopic (exact) mass is 502 g/mol. The fraction of sp³-hybridized carbons (Fsp3) is 0.400. The van der Waals surface area contributed by atoms with Gasteiger partial charge in [0.1, 0.15) is 11.6 Å². The number of hydrogen-bond acceptors (Lipinski definition) is 1. The van der Waals surface area contributed by atoms with E-state index < -0.39 is 29.8 Å². The highest BCUT2D eigenvalue weighted by Gasteiger charge is 2.43. The highest BCUT2D eigenvalue weighted by molar-refractivity contribution is 5.71. The van der Waals surface area contributed by atoms with Crippen molar-refractivity contribution < 1.29 is 26.7 Å². The highest BCUT2D eigenvalue weighted by Crippen LogP contribution is 2.41. The zero-order valence-electron chi connectivity index (χ0n) is 20.5. The first-order chi connectivity index (χ1) is 17.2. The van der Waals surface area contributed by atoms with Gasteiger partial charge in [-0.15, -0.1) is 0 Å². The molecule has 0 saturated heterocycles. The predicted octanol–water partition coefficient (Wildman–Crippen LogP) is 9.98. The summed E-state index contributed by atoms with van der Waals surface area (Å²) >= 11 is 0. The number of alkyl halides is 4. The van der Waals surface area contributed by atoms with Crippen LogP contribution in [0.25, 0.3) is 22.3 Å². The second-order valence-electron chi connectivity index (χ2n) is 9.73. The standard InChI is InChI=1S/C30H31F5O/c1-3-4-20-6-14-24(15-7-20)30(34,35)36-25-16-12-22(13-17-25)21-8-10-23(11-9-21)26-18-5-19(2)27(28(26)31)29(32)33/h5,8-13,16-18,20,24,29H,3-4,6-7,14-15H2,1-2H3. The van der Waals surface area contributed by atoms with E-state index in [1.807, 2.05) is 0 Å². The molecular weight excluding hydrogens is 471 g/mol. The van der Waals surface area contributed by atoms with Crippen molar-refractivity contribution in [2.24, 2.45) is 11.8 Å². The molecule has 0 radical (unpaired) electrons. The maximum absolute atomic E-state index is 14.8. The average molecular weight is 503 g/mol. The van der Waals surface area contributed by atoms with Gasteiger partial charge in [-0.1, -0.05) is 68.3 Å². The van der Waals surface area contributed by atoms with Gasteiger partial charge in [-0.05, 0) is 72.9 Å². The number of halogens is 5. The maximum Gasteiger partial charge on any atom is 0.400 e. The van der Waals surface area contributed by atoms with Gasteiger partial charge in [0.15, 0.2) is 0 Å². The van der Waals surface area contributed by atoms with E-state index in [0.29, 0.717) is 24.3 Å². The Morgan fingerprint density at radius 3 is 1.94 bits per heavy atom. The molecule has 6 heteroatoms. The molecule has 0 unspecified atom stereocenters. The zero-order valence-corrected chi connectivity index (χ0v) is 20.5. The molecule has 0 bridgehead atoms. The molecule has 0 amide bonds. The summed E-state index contributed by atoms with van der Waals surface area (Å²) in [6, 6.07) is 16.2. The van der Waals surface area contributed by atoms with Crippen molar-refractivity contribution in [3.05, 3.63) is 77.6 Å². The molecule has 0 spiro atoms. The predicted molar refractivity (Wildman–Crippen MR) is 133 cm³/mol. The van der Waals surface area contributed by atoms with Crippen LogP contribution in [-0.2, 0) is 0 Å². The maximum atomic E-state index is 14.8. The average Bonchev–Trinajstić information content (AvgIpc) is 2.85. The molecule has 1 nitrogen and oxygen atoms in total. The lowest BCUT2D eigenvalue weighted by Gasteiger charge is -2.33. The van der Waals surface area contributed by atoms with Gasteiger partial charge in [0.25, 0.3) is 6.43 Å². The molecule has 0 heterocycles. The van der Waals surface area contributed by atoms with Crippen molar-refractivity contribution in [1.82, 2.24) is 0 Å². The molecule has 1 saturated carbocycles. The summed E-state index contributed by atoms with van der Waals surface area (Å²) in [4.78, 5) is 0. The molecule has 1 aliphatic rings. The zero-order chi connectivity index (χ0) is 25.9. The summed E-state index contributed by atoms with van der Waals surface area (Å²) in [5.41, 5.74) is 1.77. The lowest BCUT2D eigenvalue weighted by Crippen LogP contribution is -2.37. The van der Waals surface area contributed by atoms with Crippen molar-refractivity contribution in [1.29, 1.82) is 0 Å². The number of ether oxygens (including phenoxy) is 1. The Labute approximate surface area is 209 Å². The molecule has 4 rings (SSSR count). The number of rotatable bonds is 8. The van der Waals surface area contributed by atoms with Crippen molar-refractivity contribution in [3.63, 3.8) is 0 Å².